The molecule has 1 heterocycles. The molecule has 0 fully saturated rings. The second kappa shape index (κ2) is 6.39. The van der Waals surface area contributed by atoms with E-state index in [4.69, 9.17) is 0 Å². The van der Waals surface area contributed by atoms with Crippen molar-refractivity contribution in [3.05, 3.63) is 11.8 Å². The molecule has 0 aromatic carbocycles. The maximum Gasteiger partial charge on any atom is 0.324 e. The van der Waals surface area contributed by atoms with E-state index in [1.165, 1.54) is 0 Å². The highest BCUT2D eigenvalue weighted by molar-refractivity contribution is 5.98. The number of urea groups is 1. The Morgan fingerprint density at radius 1 is 1.25 bits per heavy atom. The zero-order valence-corrected chi connectivity index (χ0v) is 13.9. The number of amides is 2. The van der Waals surface area contributed by atoms with Crippen LogP contribution in [0.4, 0.5) is 4.79 Å². The summed E-state index contributed by atoms with van der Waals surface area (Å²) in [4.78, 5) is 22.5. The average Bonchev–Trinajstić information content (AvgIpc) is 2.25. The molecule has 5 nitrogen and oxygen atoms in total. The van der Waals surface area contributed by atoms with Crippen LogP contribution in [0.15, 0.2) is 16.8 Å². The minimum Gasteiger partial charge on any atom is -0.330 e. The molecule has 0 N–H and O–H groups in total. The van der Waals surface area contributed by atoms with E-state index >= 15 is 0 Å². The lowest BCUT2D eigenvalue weighted by molar-refractivity contribution is 0.189. The molecule has 0 aromatic heterocycles. The summed E-state index contributed by atoms with van der Waals surface area (Å²) < 4.78 is 0. The summed E-state index contributed by atoms with van der Waals surface area (Å²) >= 11 is 0. The SMILES string of the molecule is CC1=CC(C)(C)CC(N(CCN(C)C)C(=O)N(C)C)=N1. The van der Waals surface area contributed by atoms with Gasteiger partial charge in [0.2, 0.25) is 0 Å². The van der Waals surface area contributed by atoms with Gasteiger partial charge in [0, 0.05) is 39.3 Å². The first-order valence-electron chi connectivity index (χ1n) is 7.03. The first-order valence-corrected chi connectivity index (χ1v) is 7.03. The van der Waals surface area contributed by atoms with Crippen molar-refractivity contribution in [1.82, 2.24) is 14.7 Å². The molecular formula is C15H28N4O. The predicted octanol–water partition coefficient (Wildman–Crippen LogP) is 2.26. The minimum absolute atomic E-state index is 0.00361. The number of hydrogen-bond donors (Lipinski definition) is 0. The molecule has 2 amide bonds. The third kappa shape index (κ3) is 4.63. The molecule has 114 valence electrons. The second-order valence-electron chi connectivity index (χ2n) is 6.61. The molecule has 1 aliphatic rings. The van der Waals surface area contributed by atoms with Gasteiger partial charge in [0.05, 0.1) is 0 Å². The predicted molar refractivity (Wildman–Crippen MR) is 83.9 cm³/mol. The van der Waals surface area contributed by atoms with Crippen LogP contribution in [0.5, 0.6) is 0 Å². The highest BCUT2D eigenvalue weighted by atomic mass is 16.2. The van der Waals surface area contributed by atoms with Crippen molar-refractivity contribution in [3.63, 3.8) is 0 Å². The van der Waals surface area contributed by atoms with E-state index in [0.717, 1.165) is 24.5 Å². The molecule has 20 heavy (non-hydrogen) atoms. The minimum atomic E-state index is -0.00361. The second-order valence-corrected chi connectivity index (χ2v) is 6.61. The van der Waals surface area contributed by atoms with Gasteiger partial charge in [-0.05, 0) is 26.4 Å². The Hall–Kier alpha value is -1.36. The smallest absolute Gasteiger partial charge is 0.324 e. The zero-order valence-electron chi connectivity index (χ0n) is 13.9. The van der Waals surface area contributed by atoms with Gasteiger partial charge in [0.1, 0.15) is 5.84 Å². The lowest BCUT2D eigenvalue weighted by Gasteiger charge is -2.34. The maximum absolute atomic E-state index is 12.4. The molecule has 0 aromatic rings. The number of aliphatic imine (C=N–C) groups is 1. The van der Waals surface area contributed by atoms with Crippen LogP contribution in [-0.2, 0) is 0 Å². The molecule has 5 heteroatoms. The Morgan fingerprint density at radius 2 is 1.85 bits per heavy atom. The van der Waals surface area contributed by atoms with Crippen LogP contribution in [0.3, 0.4) is 0 Å². The van der Waals surface area contributed by atoms with Crippen molar-refractivity contribution in [2.75, 3.05) is 41.3 Å². The van der Waals surface area contributed by atoms with E-state index in [1.807, 2.05) is 21.0 Å². The molecule has 0 unspecified atom stereocenters. The van der Waals surface area contributed by atoms with Gasteiger partial charge >= 0.3 is 6.03 Å². The van der Waals surface area contributed by atoms with Gasteiger partial charge in [-0.25, -0.2) is 9.79 Å². The Kier molecular flexibility index (Phi) is 5.34. The Labute approximate surface area is 122 Å². The van der Waals surface area contributed by atoms with Crippen molar-refractivity contribution in [2.45, 2.75) is 27.2 Å². The fraction of sp³-hybridized carbons (Fsp3) is 0.733. The number of amidine groups is 1. The zero-order chi connectivity index (χ0) is 15.5. The molecule has 0 aliphatic carbocycles. The molecular weight excluding hydrogens is 252 g/mol. The van der Waals surface area contributed by atoms with Gasteiger partial charge in [-0.3, -0.25) is 4.90 Å². The van der Waals surface area contributed by atoms with E-state index in [0.29, 0.717) is 6.54 Å². The van der Waals surface area contributed by atoms with Crippen molar-refractivity contribution in [3.8, 4) is 0 Å². The molecule has 0 bridgehead atoms. The fourth-order valence-corrected chi connectivity index (χ4v) is 2.33. The average molecular weight is 280 g/mol. The van der Waals surface area contributed by atoms with Crippen molar-refractivity contribution >= 4 is 11.9 Å². The molecule has 0 spiro atoms. The van der Waals surface area contributed by atoms with Crippen LogP contribution in [0, 0.1) is 5.41 Å². The van der Waals surface area contributed by atoms with Crippen LogP contribution >= 0.6 is 0 Å². The number of hydrogen-bond acceptors (Lipinski definition) is 3. The number of carbonyl (C=O) groups excluding carboxylic acids is 1. The Balaban J connectivity index is 2.99. The van der Waals surface area contributed by atoms with E-state index in [-0.39, 0.29) is 11.4 Å². The summed E-state index contributed by atoms with van der Waals surface area (Å²) in [6.07, 6.45) is 2.96. The van der Waals surface area contributed by atoms with Crippen LogP contribution in [0.1, 0.15) is 27.2 Å². The standard InChI is InChI=1S/C15H28N4O/c1-12-10-15(2,3)11-13(16-12)19(9-8-17(4)5)14(20)18(6)7/h10H,8-9,11H2,1-7H3. The quantitative estimate of drug-likeness (QED) is 0.795. The summed E-state index contributed by atoms with van der Waals surface area (Å²) in [5.74, 6) is 0.871. The van der Waals surface area contributed by atoms with E-state index in [2.05, 4.69) is 29.8 Å². The van der Waals surface area contributed by atoms with E-state index in [9.17, 15) is 4.79 Å². The van der Waals surface area contributed by atoms with Crippen molar-refractivity contribution < 1.29 is 4.79 Å². The summed E-state index contributed by atoms with van der Waals surface area (Å²) in [6.45, 7) is 7.82. The highest BCUT2D eigenvalue weighted by Gasteiger charge is 2.29. The third-order valence-corrected chi connectivity index (χ3v) is 3.21. The topological polar surface area (TPSA) is 39.1 Å². The van der Waals surface area contributed by atoms with Gasteiger partial charge in [0.15, 0.2) is 0 Å². The normalized spacial score (nSPS) is 17.6. The third-order valence-electron chi connectivity index (χ3n) is 3.21. The number of nitrogens with zero attached hydrogens (tertiary/aromatic N) is 4. The fourth-order valence-electron chi connectivity index (χ4n) is 2.33. The van der Waals surface area contributed by atoms with Gasteiger partial charge in [-0.2, -0.15) is 0 Å². The largest absolute Gasteiger partial charge is 0.330 e. The molecule has 0 saturated carbocycles. The molecule has 0 radical (unpaired) electrons. The van der Waals surface area contributed by atoms with Crippen LogP contribution in [0.25, 0.3) is 0 Å². The number of likely N-dealkylation sites (N-methyl/N-ethyl adjacent to an activating group) is 1. The summed E-state index contributed by atoms with van der Waals surface area (Å²) in [6, 6.07) is -0.00361. The Morgan fingerprint density at radius 3 is 2.30 bits per heavy atom. The highest BCUT2D eigenvalue weighted by Crippen LogP contribution is 2.30. The monoisotopic (exact) mass is 280 g/mol. The maximum atomic E-state index is 12.4. The van der Waals surface area contributed by atoms with Crippen molar-refractivity contribution in [2.24, 2.45) is 10.4 Å². The number of carbonyl (C=O) groups is 1. The van der Waals surface area contributed by atoms with Gasteiger partial charge in [-0.1, -0.05) is 19.9 Å². The van der Waals surface area contributed by atoms with E-state index in [1.54, 1.807) is 23.9 Å². The van der Waals surface area contributed by atoms with E-state index < -0.39 is 0 Å². The van der Waals surface area contributed by atoms with Gasteiger partial charge in [0.25, 0.3) is 0 Å². The molecule has 0 saturated heterocycles. The molecule has 1 aliphatic heterocycles. The summed E-state index contributed by atoms with van der Waals surface area (Å²) in [5, 5.41) is 0. The number of rotatable bonds is 3. The van der Waals surface area contributed by atoms with Gasteiger partial charge < -0.3 is 9.80 Å². The Bertz CT molecular complexity index is 422. The lowest BCUT2D eigenvalue weighted by Crippen LogP contribution is -2.47. The van der Waals surface area contributed by atoms with Crippen LogP contribution < -0.4 is 0 Å². The van der Waals surface area contributed by atoms with Crippen LogP contribution in [-0.4, -0.2) is 67.8 Å². The van der Waals surface area contributed by atoms with Gasteiger partial charge in [-0.15, -0.1) is 0 Å². The summed E-state index contributed by atoms with van der Waals surface area (Å²) in [7, 11) is 7.58. The molecule has 1 rings (SSSR count). The first-order chi connectivity index (χ1) is 9.12. The number of allylic oxidation sites excluding steroid dienone is 2. The van der Waals surface area contributed by atoms with Crippen LogP contribution in [0.2, 0.25) is 0 Å². The summed E-state index contributed by atoms with van der Waals surface area (Å²) in [5.41, 5.74) is 1.03. The lowest BCUT2D eigenvalue weighted by atomic mass is 9.86. The first kappa shape index (κ1) is 16.7. The molecule has 0 atom stereocenters. The van der Waals surface area contributed by atoms with Crippen molar-refractivity contribution in [1.29, 1.82) is 0 Å².